The van der Waals surface area contributed by atoms with E-state index in [2.05, 4.69) is 59.7 Å². The number of hydrogen-bond acceptors (Lipinski definition) is 3. The minimum atomic E-state index is -0.124. The van der Waals surface area contributed by atoms with E-state index in [4.69, 9.17) is 0 Å². The van der Waals surface area contributed by atoms with Crippen LogP contribution in [-0.4, -0.2) is 30.3 Å². The average molecular weight is 505 g/mol. The van der Waals surface area contributed by atoms with Crippen molar-refractivity contribution in [1.82, 2.24) is 10.3 Å². The molecule has 1 heterocycles. The van der Waals surface area contributed by atoms with Crippen molar-refractivity contribution in [3.05, 3.63) is 71.6 Å². The number of rotatable bonds is 1. The number of nitrogens with zero attached hydrogens (tertiary/aromatic N) is 1. The number of nitrogens with one attached hydrogen (secondary N) is 1. The van der Waals surface area contributed by atoms with E-state index in [-0.39, 0.29) is 26.4 Å². The number of aliphatic hydroxyl groups excluding tert-OH is 1. The SMILES string of the molecule is C.C.CC.CC12CC=C3C=C4CC(O)CCC4CCC3C1CC=C2c1ccc2ccncc2c1.CNC. The summed E-state index contributed by atoms with van der Waals surface area (Å²) in [6.07, 6.45) is 19.3. The molecule has 2 aromatic rings. The Balaban J connectivity index is 0.000000644. The van der Waals surface area contributed by atoms with Crippen molar-refractivity contribution in [3.8, 4) is 0 Å². The quantitative estimate of drug-likeness (QED) is 0.408. The molecule has 5 unspecified atom stereocenters. The molecule has 0 spiro atoms. The number of aromatic nitrogens is 1. The van der Waals surface area contributed by atoms with Gasteiger partial charge in [0.15, 0.2) is 0 Å². The fraction of sp³-hybridized carbons (Fsp3) is 0.559. The second-order valence-electron chi connectivity index (χ2n) is 10.8. The number of benzene rings is 1. The number of fused-ring (bicyclic) bond motifs is 5. The van der Waals surface area contributed by atoms with Crippen molar-refractivity contribution in [2.24, 2.45) is 23.2 Å². The summed E-state index contributed by atoms with van der Waals surface area (Å²) in [6.45, 7) is 6.51. The third kappa shape index (κ3) is 6.10. The van der Waals surface area contributed by atoms with E-state index in [1.807, 2.05) is 40.3 Å². The lowest BCUT2D eigenvalue weighted by molar-refractivity contribution is 0.132. The zero-order chi connectivity index (χ0) is 25.0. The van der Waals surface area contributed by atoms with Gasteiger partial charge in [-0.15, -0.1) is 0 Å². The Bertz CT molecular complexity index is 1110. The Morgan fingerprint density at radius 2 is 1.70 bits per heavy atom. The summed E-state index contributed by atoms with van der Waals surface area (Å²) in [4.78, 5) is 4.33. The molecular formula is C34H52N2O. The van der Waals surface area contributed by atoms with Gasteiger partial charge in [-0.05, 0) is 116 Å². The van der Waals surface area contributed by atoms with Gasteiger partial charge in [-0.1, -0.05) is 71.6 Å². The molecule has 3 nitrogen and oxygen atoms in total. The van der Waals surface area contributed by atoms with Crippen LogP contribution in [0.15, 0.2) is 66.0 Å². The van der Waals surface area contributed by atoms with Gasteiger partial charge in [-0.25, -0.2) is 0 Å². The Hall–Kier alpha value is -2.23. The Kier molecular flexibility index (Phi) is 11.3. The van der Waals surface area contributed by atoms with Crippen LogP contribution < -0.4 is 5.32 Å². The maximum atomic E-state index is 10.2. The number of allylic oxidation sites excluding steroid dienone is 5. The second kappa shape index (κ2) is 13.5. The lowest BCUT2D eigenvalue weighted by Gasteiger charge is -2.43. The third-order valence-electron chi connectivity index (χ3n) is 8.66. The van der Waals surface area contributed by atoms with Gasteiger partial charge in [-0.2, -0.15) is 0 Å². The van der Waals surface area contributed by atoms with Gasteiger partial charge < -0.3 is 10.4 Å². The molecule has 5 atom stereocenters. The highest BCUT2D eigenvalue weighted by Crippen LogP contribution is 2.59. The highest BCUT2D eigenvalue weighted by Gasteiger charge is 2.48. The van der Waals surface area contributed by atoms with Gasteiger partial charge in [0.2, 0.25) is 0 Å². The molecule has 4 aliphatic carbocycles. The minimum Gasteiger partial charge on any atom is -0.393 e. The van der Waals surface area contributed by atoms with Crippen molar-refractivity contribution in [3.63, 3.8) is 0 Å². The molecule has 204 valence electrons. The highest BCUT2D eigenvalue weighted by atomic mass is 16.3. The Morgan fingerprint density at radius 3 is 2.46 bits per heavy atom. The van der Waals surface area contributed by atoms with E-state index >= 15 is 0 Å². The van der Waals surface area contributed by atoms with Crippen LogP contribution in [0, 0.1) is 23.2 Å². The van der Waals surface area contributed by atoms with E-state index < -0.39 is 0 Å². The number of hydrogen-bond donors (Lipinski definition) is 2. The summed E-state index contributed by atoms with van der Waals surface area (Å²) in [5, 5.41) is 15.4. The molecule has 3 heteroatoms. The predicted molar refractivity (Wildman–Crippen MR) is 163 cm³/mol. The van der Waals surface area contributed by atoms with E-state index in [0.717, 1.165) is 19.3 Å². The minimum absolute atomic E-state index is 0. The van der Waals surface area contributed by atoms with Gasteiger partial charge in [0.25, 0.3) is 0 Å². The maximum absolute atomic E-state index is 10.2. The topological polar surface area (TPSA) is 45.2 Å². The van der Waals surface area contributed by atoms with Crippen molar-refractivity contribution in [2.75, 3.05) is 14.1 Å². The van der Waals surface area contributed by atoms with Crippen molar-refractivity contribution in [2.45, 2.75) is 86.7 Å². The largest absolute Gasteiger partial charge is 0.393 e. The summed E-state index contributed by atoms with van der Waals surface area (Å²) < 4.78 is 0. The maximum Gasteiger partial charge on any atom is 0.0577 e. The van der Waals surface area contributed by atoms with Crippen LogP contribution in [0.5, 0.6) is 0 Å². The van der Waals surface area contributed by atoms with Crippen molar-refractivity contribution < 1.29 is 5.11 Å². The molecule has 2 N–H and O–H groups in total. The van der Waals surface area contributed by atoms with E-state index in [0.29, 0.717) is 17.8 Å². The standard InChI is InChI=1S/C28H31NO.C2H7N.C2H6.2CH4/c1-28-12-10-20-14-22-16-24(30)6-4-18(22)5-7-25(20)27(28)9-8-26(28)21-3-2-19-11-13-29-17-23(19)15-21;1-3-2;1-2;;/h2-3,8,10-11,13-15,17-18,24-25,27,30H,4-7,9,12,16H2,1H3;3H,1-2H3;1-2H3;2*1H4. The molecule has 0 saturated heterocycles. The summed E-state index contributed by atoms with van der Waals surface area (Å²) in [6, 6.07) is 9.00. The molecule has 1 aromatic heterocycles. The summed E-state index contributed by atoms with van der Waals surface area (Å²) in [5.74, 6) is 2.06. The zero-order valence-corrected chi connectivity index (χ0v) is 22.3. The molecule has 4 aliphatic rings. The highest BCUT2D eigenvalue weighted by molar-refractivity contribution is 5.87. The summed E-state index contributed by atoms with van der Waals surface area (Å²) >= 11 is 0. The monoisotopic (exact) mass is 504 g/mol. The smallest absolute Gasteiger partial charge is 0.0577 e. The van der Waals surface area contributed by atoms with Gasteiger partial charge in [0.05, 0.1) is 6.10 Å². The van der Waals surface area contributed by atoms with Crippen LogP contribution >= 0.6 is 0 Å². The molecule has 0 radical (unpaired) electrons. The van der Waals surface area contributed by atoms with Crippen LogP contribution in [0.2, 0.25) is 0 Å². The number of pyridine rings is 1. The van der Waals surface area contributed by atoms with Crippen LogP contribution in [0.3, 0.4) is 0 Å². The fourth-order valence-corrected chi connectivity index (χ4v) is 6.98. The van der Waals surface area contributed by atoms with Gasteiger partial charge in [0.1, 0.15) is 0 Å². The lowest BCUT2D eigenvalue weighted by Crippen LogP contribution is -2.34. The Morgan fingerprint density at radius 1 is 0.973 bits per heavy atom. The molecule has 6 rings (SSSR count). The normalized spacial score (nSPS) is 29.4. The predicted octanol–water partition coefficient (Wildman–Crippen LogP) is 8.61. The first-order chi connectivity index (χ1) is 17.0. The van der Waals surface area contributed by atoms with Crippen LogP contribution in [-0.2, 0) is 0 Å². The second-order valence-corrected chi connectivity index (χ2v) is 10.8. The zero-order valence-electron chi connectivity index (χ0n) is 22.3. The summed E-state index contributed by atoms with van der Waals surface area (Å²) in [5.41, 5.74) is 6.23. The molecule has 0 bridgehead atoms. The molecule has 0 aliphatic heterocycles. The van der Waals surface area contributed by atoms with Crippen molar-refractivity contribution in [1.29, 1.82) is 0 Å². The molecular weight excluding hydrogens is 452 g/mol. The Labute approximate surface area is 227 Å². The van der Waals surface area contributed by atoms with Crippen LogP contribution in [0.25, 0.3) is 16.3 Å². The third-order valence-corrected chi connectivity index (χ3v) is 8.66. The summed E-state index contributed by atoms with van der Waals surface area (Å²) in [7, 11) is 3.75. The van der Waals surface area contributed by atoms with Crippen LogP contribution in [0.4, 0.5) is 0 Å². The molecule has 0 amide bonds. The van der Waals surface area contributed by atoms with E-state index in [1.54, 1.807) is 11.1 Å². The first-order valence-electron chi connectivity index (χ1n) is 13.8. The first-order valence-corrected chi connectivity index (χ1v) is 13.8. The van der Waals surface area contributed by atoms with Gasteiger partial charge >= 0.3 is 0 Å². The van der Waals surface area contributed by atoms with Crippen molar-refractivity contribution >= 4 is 16.3 Å². The molecule has 37 heavy (non-hydrogen) atoms. The fourth-order valence-electron chi connectivity index (χ4n) is 6.98. The van der Waals surface area contributed by atoms with Gasteiger partial charge in [-0.3, -0.25) is 4.98 Å². The first kappa shape index (κ1) is 31.0. The molecule has 1 saturated carbocycles. The average Bonchev–Trinajstić information content (AvgIpc) is 3.12. The lowest BCUT2D eigenvalue weighted by atomic mass is 9.60. The van der Waals surface area contributed by atoms with E-state index in [9.17, 15) is 5.11 Å². The molecule has 1 aromatic carbocycles. The van der Waals surface area contributed by atoms with E-state index in [1.165, 1.54) is 47.6 Å². The number of aliphatic hydroxyl groups is 1. The van der Waals surface area contributed by atoms with Crippen LogP contribution in [0.1, 0.15) is 86.1 Å². The van der Waals surface area contributed by atoms with Gasteiger partial charge in [0, 0.05) is 17.8 Å². The molecule has 1 fully saturated rings.